The summed E-state index contributed by atoms with van der Waals surface area (Å²) in [6.45, 7) is 3.79. The fourth-order valence-corrected chi connectivity index (χ4v) is 2.98. The van der Waals surface area contributed by atoms with Crippen molar-refractivity contribution in [1.82, 2.24) is 20.8 Å². The number of hydrogen-bond donors (Lipinski definition) is 2. The molecule has 0 saturated heterocycles. The largest absolute Gasteiger partial charge is 0.360 e. The maximum Gasteiger partial charge on any atom is 0.273 e. The van der Waals surface area contributed by atoms with Gasteiger partial charge in [0.2, 0.25) is 5.91 Å². The molecule has 0 fully saturated rings. The Morgan fingerprint density at radius 2 is 2.20 bits per heavy atom. The fraction of sp³-hybridized carbons (Fsp3) is 0.444. The van der Waals surface area contributed by atoms with Gasteiger partial charge in [-0.25, -0.2) is 0 Å². The number of carbonyl (C=O) groups is 2. The zero-order valence-electron chi connectivity index (χ0n) is 14.4. The van der Waals surface area contributed by atoms with Crippen molar-refractivity contribution in [3.05, 3.63) is 47.1 Å². The molecule has 1 aliphatic carbocycles. The molecule has 0 spiro atoms. The van der Waals surface area contributed by atoms with Crippen LogP contribution in [0, 0.1) is 0 Å². The summed E-state index contributed by atoms with van der Waals surface area (Å²) in [6.07, 6.45) is 3.89. The molecule has 2 heterocycles. The molecule has 1 unspecified atom stereocenters. The minimum Gasteiger partial charge on any atom is -0.360 e. The summed E-state index contributed by atoms with van der Waals surface area (Å²) in [5.41, 5.74) is 1.86. The van der Waals surface area contributed by atoms with E-state index in [0.29, 0.717) is 18.5 Å². The van der Waals surface area contributed by atoms with Crippen molar-refractivity contribution >= 4 is 11.8 Å². The number of nitrogens with one attached hydrogen (secondary N) is 2. The first-order chi connectivity index (χ1) is 12.0. The molecule has 2 N–H and O–H groups in total. The molecule has 0 saturated carbocycles. The van der Waals surface area contributed by atoms with E-state index in [-0.39, 0.29) is 30.3 Å². The van der Waals surface area contributed by atoms with Crippen LogP contribution in [0.5, 0.6) is 0 Å². The number of fused-ring (bicyclic) bond motifs is 1. The van der Waals surface area contributed by atoms with Crippen LogP contribution in [0.1, 0.15) is 47.8 Å². The van der Waals surface area contributed by atoms with E-state index in [2.05, 4.69) is 20.8 Å². The van der Waals surface area contributed by atoms with Gasteiger partial charge in [0.05, 0.1) is 6.42 Å². The fourth-order valence-electron chi connectivity index (χ4n) is 2.98. The second kappa shape index (κ2) is 7.46. The maximum absolute atomic E-state index is 12.2. The van der Waals surface area contributed by atoms with Gasteiger partial charge < -0.3 is 15.2 Å². The van der Waals surface area contributed by atoms with Gasteiger partial charge >= 0.3 is 0 Å². The van der Waals surface area contributed by atoms with Crippen LogP contribution in [-0.4, -0.2) is 34.0 Å². The Labute approximate surface area is 146 Å². The maximum atomic E-state index is 12.2. The van der Waals surface area contributed by atoms with Crippen LogP contribution in [0.3, 0.4) is 0 Å². The lowest BCUT2D eigenvalue weighted by molar-refractivity contribution is -0.121. The lowest BCUT2D eigenvalue weighted by atomic mass is 9.91. The van der Waals surface area contributed by atoms with E-state index in [1.165, 1.54) is 0 Å². The van der Waals surface area contributed by atoms with Gasteiger partial charge in [0.15, 0.2) is 5.69 Å². The van der Waals surface area contributed by atoms with Crippen LogP contribution in [0.15, 0.2) is 28.9 Å². The quantitative estimate of drug-likeness (QED) is 0.856. The smallest absolute Gasteiger partial charge is 0.273 e. The summed E-state index contributed by atoms with van der Waals surface area (Å²) in [5.74, 6) is 0.432. The van der Waals surface area contributed by atoms with E-state index < -0.39 is 0 Å². The lowest BCUT2D eigenvalue weighted by Crippen LogP contribution is -2.40. The highest BCUT2D eigenvalue weighted by atomic mass is 16.5. The Morgan fingerprint density at radius 3 is 2.92 bits per heavy atom. The molecule has 0 bridgehead atoms. The number of aryl methyl sites for hydroxylation is 1. The number of aromatic nitrogens is 2. The predicted molar refractivity (Wildman–Crippen MR) is 91.0 cm³/mol. The highest BCUT2D eigenvalue weighted by molar-refractivity contribution is 5.94. The highest BCUT2D eigenvalue weighted by Crippen LogP contribution is 2.24. The van der Waals surface area contributed by atoms with Crippen LogP contribution in [0.25, 0.3) is 0 Å². The second-order valence-corrected chi connectivity index (χ2v) is 6.57. The minimum absolute atomic E-state index is 0.0253. The second-order valence-electron chi connectivity index (χ2n) is 6.57. The normalized spacial score (nSPS) is 16.4. The van der Waals surface area contributed by atoms with E-state index in [1.807, 2.05) is 32.0 Å². The van der Waals surface area contributed by atoms with Crippen LogP contribution in [-0.2, 0) is 24.1 Å². The molecule has 7 heteroatoms. The van der Waals surface area contributed by atoms with Crippen molar-refractivity contribution in [2.75, 3.05) is 0 Å². The number of rotatable bonds is 5. The van der Waals surface area contributed by atoms with Crippen molar-refractivity contribution in [3.8, 4) is 0 Å². The third-order valence-electron chi connectivity index (χ3n) is 4.11. The van der Waals surface area contributed by atoms with Crippen molar-refractivity contribution < 1.29 is 14.1 Å². The first kappa shape index (κ1) is 17.1. The number of carbonyl (C=O) groups excluding carboxylic acids is 2. The molecule has 0 aromatic carbocycles. The molecule has 132 valence electrons. The van der Waals surface area contributed by atoms with E-state index >= 15 is 0 Å². The van der Waals surface area contributed by atoms with Gasteiger partial charge in [0, 0.05) is 36.0 Å². The van der Waals surface area contributed by atoms with Crippen LogP contribution >= 0.6 is 0 Å². The van der Waals surface area contributed by atoms with Gasteiger partial charge in [-0.05, 0) is 38.8 Å². The third-order valence-corrected chi connectivity index (χ3v) is 4.11. The summed E-state index contributed by atoms with van der Waals surface area (Å²) in [6, 6.07) is 5.50. The molecular weight excluding hydrogens is 320 g/mol. The SMILES string of the molecule is CC(C)NC(=O)c1noc2c1CC(NC(=O)Cc1ccccn1)CC2. The predicted octanol–water partition coefficient (Wildman–Crippen LogP) is 1.42. The average molecular weight is 342 g/mol. The molecule has 2 aromatic rings. The summed E-state index contributed by atoms with van der Waals surface area (Å²) in [5, 5.41) is 9.77. The average Bonchev–Trinajstić information content (AvgIpc) is 2.98. The van der Waals surface area contributed by atoms with E-state index in [1.54, 1.807) is 6.20 Å². The zero-order chi connectivity index (χ0) is 17.8. The topological polar surface area (TPSA) is 97.1 Å². The van der Waals surface area contributed by atoms with Crippen molar-refractivity contribution in [1.29, 1.82) is 0 Å². The van der Waals surface area contributed by atoms with Gasteiger partial charge in [-0.3, -0.25) is 14.6 Å². The third kappa shape index (κ3) is 4.23. The Bertz CT molecular complexity index is 755. The highest BCUT2D eigenvalue weighted by Gasteiger charge is 2.29. The summed E-state index contributed by atoms with van der Waals surface area (Å²) in [4.78, 5) is 28.6. The number of nitrogens with zero attached hydrogens (tertiary/aromatic N) is 2. The molecule has 0 radical (unpaired) electrons. The molecule has 1 atom stereocenters. The molecule has 2 amide bonds. The number of hydrogen-bond acceptors (Lipinski definition) is 5. The Balaban J connectivity index is 1.63. The standard InChI is InChI=1S/C18H22N4O3/c1-11(2)20-18(24)17-14-9-13(6-7-15(14)25-22-17)21-16(23)10-12-5-3-4-8-19-12/h3-5,8,11,13H,6-7,9-10H2,1-2H3,(H,20,24)(H,21,23). The molecular formula is C18H22N4O3. The van der Waals surface area contributed by atoms with E-state index in [9.17, 15) is 9.59 Å². The van der Waals surface area contributed by atoms with E-state index in [0.717, 1.165) is 23.4 Å². The van der Waals surface area contributed by atoms with Gasteiger partial charge in [0.1, 0.15) is 5.76 Å². The van der Waals surface area contributed by atoms with Crippen LogP contribution < -0.4 is 10.6 Å². The van der Waals surface area contributed by atoms with Gasteiger partial charge in [-0.15, -0.1) is 0 Å². The van der Waals surface area contributed by atoms with Crippen LogP contribution in [0.4, 0.5) is 0 Å². The number of pyridine rings is 1. The molecule has 7 nitrogen and oxygen atoms in total. The Kier molecular flexibility index (Phi) is 5.11. The Morgan fingerprint density at radius 1 is 1.36 bits per heavy atom. The first-order valence-corrected chi connectivity index (χ1v) is 8.50. The monoisotopic (exact) mass is 342 g/mol. The lowest BCUT2D eigenvalue weighted by Gasteiger charge is -2.22. The molecule has 3 rings (SSSR count). The van der Waals surface area contributed by atoms with Gasteiger partial charge in [-0.1, -0.05) is 11.2 Å². The van der Waals surface area contributed by atoms with Gasteiger partial charge in [-0.2, -0.15) is 0 Å². The van der Waals surface area contributed by atoms with Crippen molar-refractivity contribution in [3.63, 3.8) is 0 Å². The summed E-state index contributed by atoms with van der Waals surface area (Å²) in [7, 11) is 0. The van der Waals surface area contributed by atoms with E-state index in [4.69, 9.17) is 4.52 Å². The van der Waals surface area contributed by atoms with Crippen molar-refractivity contribution in [2.24, 2.45) is 0 Å². The Hall–Kier alpha value is -2.70. The summed E-state index contributed by atoms with van der Waals surface area (Å²) < 4.78 is 5.31. The summed E-state index contributed by atoms with van der Waals surface area (Å²) >= 11 is 0. The zero-order valence-corrected chi connectivity index (χ0v) is 14.4. The van der Waals surface area contributed by atoms with Crippen LogP contribution in [0.2, 0.25) is 0 Å². The van der Waals surface area contributed by atoms with Gasteiger partial charge in [0.25, 0.3) is 5.91 Å². The molecule has 25 heavy (non-hydrogen) atoms. The first-order valence-electron chi connectivity index (χ1n) is 8.50. The molecule has 0 aliphatic heterocycles. The number of amides is 2. The van der Waals surface area contributed by atoms with Crippen molar-refractivity contribution in [2.45, 2.75) is 51.6 Å². The minimum atomic E-state index is -0.236. The molecule has 2 aromatic heterocycles. The molecule has 1 aliphatic rings.